The molecular formula is C9H14N4. The highest BCUT2D eigenvalue weighted by Crippen LogP contribution is 2.36. The summed E-state index contributed by atoms with van der Waals surface area (Å²) in [6, 6.07) is 0. The lowest BCUT2D eigenvalue weighted by atomic mass is 10.1. The predicted octanol–water partition coefficient (Wildman–Crippen LogP) is 0.483. The molecule has 0 aromatic carbocycles. The van der Waals surface area contributed by atoms with Crippen LogP contribution in [0.2, 0.25) is 0 Å². The van der Waals surface area contributed by atoms with Crippen molar-refractivity contribution in [3.05, 3.63) is 18.2 Å². The van der Waals surface area contributed by atoms with Crippen molar-refractivity contribution in [3.8, 4) is 0 Å². The Morgan fingerprint density at radius 1 is 1.46 bits per heavy atom. The van der Waals surface area contributed by atoms with Crippen molar-refractivity contribution in [2.24, 2.45) is 5.73 Å². The van der Waals surface area contributed by atoms with Gasteiger partial charge in [-0.15, -0.1) is 0 Å². The fraction of sp³-hybridized carbons (Fsp3) is 0.556. The van der Waals surface area contributed by atoms with Crippen molar-refractivity contribution < 1.29 is 0 Å². The van der Waals surface area contributed by atoms with Crippen LogP contribution in [0.3, 0.4) is 0 Å². The van der Waals surface area contributed by atoms with E-state index < -0.39 is 0 Å². The lowest BCUT2D eigenvalue weighted by Crippen LogP contribution is -2.22. The van der Waals surface area contributed by atoms with E-state index in [1.54, 1.807) is 6.20 Å². The van der Waals surface area contributed by atoms with E-state index in [1.807, 2.05) is 0 Å². The molecule has 0 aliphatic heterocycles. The number of aromatic nitrogens is 2. The molecule has 0 atom stereocenters. The van der Waals surface area contributed by atoms with Gasteiger partial charge in [0.05, 0.1) is 17.6 Å². The number of nitrogen functional groups attached to an aromatic ring is 1. The van der Waals surface area contributed by atoms with E-state index in [9.17, 15) is 0 Å². The van der Waals surface area contributed by atoms with Crippen LogP contribution in [-0.2, 0) is 6.42 Å². The van der Waals surface area contributed by atoms with E-state index in [4.69, 9.17) is 11.5 Å². The molecule has 0 bridgehead atoms. The van der Waals surface area contributed by atoms with Crippen molar-refractivity contribution in [1.82, 2.24) is 9.97 Å². The summed E-state index contributed by atoms with van der Waals surface area (Å²) in [7, 11) is 0. The third kappa shape index (κ3) is 1.95. The molecular weight excluding hydrogens is 164 g/mol. The number of nitrogens with zero attached hydrogens (tertiary/aromatic N) is 2. The quantitative estimate of drug-likeness (QED) is 0.705. The molecule has 2 rings (SSSR count). The summed E-state index contributed by atoms with van der Waals surface area (Å²) in [5.41, 5.74) is 13.3. The maximum absolute atomic E-state index is 5.96. The number of hydrogen-bond donors (Lipinski definition) is 2. The molecule has 1 fully saturated rings. The Morgan fingerprint density at radius 2 is 2.23 bits per heavy atom. The van der Waals surface area contributed by atoms with Crippen LogP contribution in [0.5, 0.6) is 0 Å². The zero-order chi connectivity index (χ0) is 9.31. The topological polar surface area (TPSA) is 77.8 Å². The van der Waals surface area contributed by atoms with E-state index in [2.05, 4.69) is 9.97 Å². The van der Waals surface area contributed by atoms with Crippen LogP contribution in [0.15, 0.2) is 12.5 Å². The van der Waals surface area contributed by atoms with Crippen molar-refractivity contribution >= 4 is 5.69 Å². The first-order valence-corrected chi connectivity index (χ1v) is 4.53. The molecule has 0 radical (unpaired) electrons. The Bertz CT molecular complexity index is 306. The molecule has 4 nitrogen and oxygen atoms in total. The Labute approximate surface area is 77.4 Å². The lowest BCUT2D eigenvalue weighted by Gasteiger charge is -2.08. The molecule has 1 aliphatic carbocycles. The molecule has 1 aromatic heterocycles. The van der Waals surface area contributed by atoms with Crippen LogP contribution in [0.25, 0.3) is 0 Å². The van der Waals surface area contributed by atoms with Gasteiger partial charge in [-0.05, 0) is 25.7 Å². The van der Waals surface area contributed by atoms with Crippen molar-refractivity contribution in [3.63, 3.8) is 0 Å². The molecule has 70 valence electrons. The first kappa shape index (κ1) is 8.44. The number of anilines is 1. The zero-order valence-electron chi connectivity index (χ0n) is 7.53. The van der Waals surface area contributed by atoms with E-state index >= 15 is 0 Å². The molecule has 1 heterocycles. The number of hydrogen-bond acceptors (Lipinski definition) is 4. The highest BCUT2D eigenvalue weighted by atomic mass is 14.9. The molecule has 0 unspecified atom stereocenters. The Hall–Kier alpha value is -1.16. The molecule has 4 N–H and O–H groups in total. The van der Waals surface area contributed by atoms with E-state index in [1.165, 1.54) is 6.33 Å². The normalized spacial score (nSPS) is 18.5. The van der Waals surface area contributed by atoms with Gasteiger partial charge in [-0.3, -0.25) is 0 Å². The van der Waals surface area contributed by atoms with Crippen molar-refractivity contribution in [1.29, 1.82) is 0 Å². The average molecular weight is 178 g/mol. The summed E-state index contributed by atoms with van der Waals surface area (Å²) in [5, 5.41) is 0. The Balaban J connectivity index is 1.97. The molecule has 0 amide bonds. The first-order valence-electron chi connectivity index (χ1n) is 4.53. The fourth-order valence-corrected chi connectivity index (χ4v) is 1.35. The van der Waals surface area contributed by atoms with E-state index in [0.717, 1.165) is 31.4 Å². The van der Waals surface area contributed by atoms with E-state index in [-0.39, 0.29) is 5.54 Å². The highest BCUT2D eigenvalue weighted by Gasteiger charge is 2.37. The van der Waals surface area contributed by atoms with Gasteiger partial charge < -0.3 is 11.5 Å². The molecule has 1 aromatic rings. The maximum atomic E-state index is 5.96. The van der Waals surface area contributed by atoms with Crippen LogP contribution < -0.4 is 11.5 Å². The van der Waals surface area contributed by atoms with Gasteiger partial charge in [-0.25, -0.2) is 9.97 Å². The smallest absolute Gasteiger partial charge is 0.115 e. The number of aryl methyl sites for hydroxylation is 1. The minimum absolute atomic E-state index is 0.0807. The van der Waals surface area contributed by atoms with E-state index in [0.29, 0.717) is 5.69 Å². The SMILES string of the molecule is Nc1cncnc1CCC1(N)CC1. The standard InChI is InChI=1S/C9H14N4/c10-7-5-12-6-13-8(7)1-2-9(11)3-4-9/h5-6H,1-4,10-11H2. The van der Waals surface area contributed by atoms with Gasteiger partial charge in [0.2, 0.25) is 0 Å². The van der Waals surface area contributed by atoms with Crippen LogP contribution in [0.4, 0.5) is 5.69 Å². The lowest BCUT2D eigenvalue weighted by molar-refractivity contribution is 0.603. The van der Waals surface area contributed by atoms with Gasteiger partial charge in [0.1, 0.15) is 6.33 Å². The second kappa shape index (κ2) is 2.96. The van der Waals surface area contributed by atoms with Crippen LogP contribution in [-0.4, -0.2) is 15.5 Å². The van der Waals surface area contributed by atoms with Crippen molar-refractivity contribution in [2.75, 3.05) is 5.73 Å². The Kier molecular flexibility index (Phi) is 1.92. The fourth-order valence-electron chi connectivity index (χ4n) is 1.35. The van der Waals surface area contributed by atoms with Gasteiger partial charge in [0, 0.05) is 5.54 Å². The highest BCUT2D eigenvalue weighted by molar-refractivity contribution is 5.39. The molecule has 1 aliphatic rings. The summed E-state index contributed by atoms with van der Waals surface area (Å²) < 4.78 is 0. The third-order valence-electron chi connectivity index (χ3n) is 2.58. The first-order chi connectivity index (χ1) is 6.20. The predicted molar refractivity (Wildman–Crippen MR) is 50.9 cm³/mol. The van der Waals surface area contributed by atoms with Crippen LogP contribution in [0, 0.1) is 0 Å². The Morgan fingerprint density at radius 3 is 2.85 bits per heavy atom. The summed E-state index contributed by atoms with van der Waals surface area (Å²) in [4.78, 5) is 7.96. The summed E-state index contributed by atoms with van der Waals surface area (Å²) in [5.74, 6) is 0. The maximum Gasteiger partial charge on any atom is 0.115 e. The van der Waals surface area contributed by atoms with Gasteiger partial charge in [-0.1, -0.05) is 0 Å². The molecule has 0 spiro atoms. The van der Waals surface area contributed by atoms with Gasteiger partial charge in [0.15, 0.2) is 0 Å². The summed E-state index contributed by atoms with van der Waals surface area (Å²) in [6.07, 6.45) is 7.29. The second-order valence-electron chi connectivity index (χ2n) is 3.79. The minimum atomic E-state index is 0.0807. The second-order valence-corrected chi connectivity index (χ2v) is 3.79. The summed E-state index contributed by atoms with van der Waals surface area (Å²) >= 11 is 0. The van der Waals surface area contributed by atoms with Crippen LogP contribution in [0.1, 0.15) is 25.0 Å². The minimum Gasteiger partial charge on any atom is -0.396 e. The summed E-state index contributed by atoms with van der Waals surface area (Å²) in [6.45, 7) is 0. The van der Waals surface area contributed by atoms with Gasteiger partial charge in [0.25, 0.3) is 0 Å². The zero-order valence-corrected chi connectivity index (χ0v) is 7.53. The molecule has 4 heteroatoms. The molecule has 1 saturated carbocycles. The largest absolute Gasteiger partial charge is 0.396 e. The molecule has 13 heavy (non-hydrogen) atoms. The van der Waals surface area contributed by atoms with Crippen molar-refractivity contribution in [2.45, 2.75) is 31.2 Å². The monoisotopic (exact) mass is 178 g/mol. The average Bonchev–Trinajstić information content (AvgIpc) is 2.83. The number of nitrogens with two attached hydrogens (primary N) is 2. The van der Waals surface area contributed by atoms with Crippen LogP contribution >= 0.6 is 0 Å². The van der Waals surface area contributed by atoms with Gasteiger partial charge in [-0.2, -0.15) is 0 Å². The number of rotatable bonds is 3. The van der Waals surface area contributed by atoms with Gasteiger partial charge >= 0.3 is 0 Å². The molecule has 0 saturated heterocycles. The third-order valence-corrected chi connectivity index (χ3v) is 2.58.